The number of amides is 1. The van der Waals surface area contributed by atoms with Crippen molar-refractivity contribution in [3.05, 3.63) is 5.01 Å². The average molecular weight is 361 g/mol. The molecule has 23 heavy (non-hydrogen) atoms. The van der Waals surface area contributed by atoms with E-state index in [-0.39, 0.29) is 18.5 Å². The number of nitrogens with zero attached hydrogens (tertiary/aromatic N) is 3. The molecule has 0 radical (unpaired) electrons. The molecule has 130 valence electrons. The standard InChI is InChI=1S/C13H23N5O3S2/c1-3-4-12-15-16-13(22-12)14-11(19)9-18-7-5-10(6-8-18)17-23(2,20)21/h10,17H,3-9H2,1-2H3,(H,14,16,19). The largest absolute Gasteiger partial charge is 0.299 e. The van der Waals surface area contributed by atoms with E-state index in [1.807, 2.05) is 4.90 Å². The lowest BCUT2D eigenvalue weighted by Crippen LogP contribution is -2.46. The first-order chi connectivity index (χ1) is 10.9. The van der Waals surface area contributed by atoms with Crippen LogP contribution in [0.2, 0.25) is 0 Å². The van der Waals surface area contributed by atoms with Crippen LogP contribution in [0.15, 0.2) is 0 Å². The van der Waals surface area contributed by atoms with Gasteiger partial charge in [-0.15, -0.1) is 10.2 Å². The molecule has 1 amide bonds. The summed E-state index contributed by atoms with van der Waals surface area (Å²) in [4.78, 5) is 14.1. The minimum absolute atomic E-state index is 0.0379. The smallest absolute Gasteiger partial charge is 0.240 e. The molecular weight excluding hydrogens is 338 g/mol. The summed E-state index contributed by atoms with van der Waals surface area (Å²) in [5.74, 6) is -0.112. The maximum atomic E-state index is 12.0. The van der Waals surface area contributed by atoms with Crippen molar-refractivity contribution in [3.63, 3.8) is 0 Å². The summed E-state index contributed by atoms with van der Waals surface area (Å²) >= 11 is 1.41. The molecule has 1 aromatic heterocycles. The van der Waals surface area contributed by atoms with Gasteiger partial charge in [0.1, 0.15) is 5.01 Å². The zero-order valence-electron chi connectivity index (χ0n) is 13.4. The number of piperidine rings is 1. The molecule has 10 heteroatoms. The highest BCUT2D eigenvalue weighted by Gasteiger charge is 2.23. The Morgan fingerprint density at radius 3 is 2.65 bits per heavy atom. The summed E-state index contributed by atoms with van der Waals surface area (Å²) in [5.41, 5.74) is 0. The minimum Gasteiger partial charge on any atom is -0.299 e. The number of nitrogens with one attached hydrogen (secondary N) is 2. The van der Waals surface area contributed by atoms with Gasteiger partial charge in [-0.1, -0.05) is 18.3 Å². The summed E-state index contributed by atoms with van der Waals surface area (Å²) in [7, 11) is -3.17. The van der Waals surface area contributed by atoms with Crippen molar-refractivity contribution in [2.75, 3.05) is 31.2 Å². The second-order valence-electron chi connectivity index (χ2n) is 5.74. The Kier molecular flexibility index (Phi) is 6.45. The molecule has 0 unspecified atom stereocenters. The van der Waals surface area contributed by atoms with E-state index in [0.717, 1.165) is 17.8 Å². The monoisotopic (exact) mass is 361 g/mol. The average Bonchev–Trinajstić information content (AvgIpc) is 2.87. The summed E-state index contributed by atoms with van der Waals surface area (Å²) < 4.78 is 25.0. The normalized spacial score (nSPS) is 17.3. The second-order valence-corrected chi connectivity index (χ2v) is 8.58. The van der Waals surface area contributed by atoms with Gasteiger partial charge in [0.15, 0.2) is 0 Å². The molecule has 0 saturated carbocycles. The Morgan fingerprint density at radius 1 is 1.35 bits per heavy atom. The summed E-state index contributed by atoms with van der Waals surface area (Å²) in [6.45, 7) is 3.74. The van der Waals surface area contributed by atoms with Crippen LogP contribution in [-0.2, 0) is 21.2 Å². The maximum Gasteiger partial charge on any atom is 0.240 e. The highest BCUT2D eigenvalue weighted by atomic mass is 32.2. The first-order valence-corrected chi connectivity index (χ1v) is 10.4. The molecule has 1 aromatic rings. The molecule has 0 aliphatic carbocycles. The van der Waals surface area contributed by atoms with Gasteiger partial charge in [-0.25, -0.2) is 13.1 Å². The molecule has 1 aliphatic heterocycles. The van der Waals surface area contributed by atoms with Crippen LogP contribution in [0.3, 0.4) is 0 Å². The number of aromatic nitrogens is 2. The van der Waals surface area contributed by atoms with E-state index in [2.05, 4.69) is 27.2 Å². The van der Waals surface area contributed by atoms with Gasteiger partial charge in [-0.2, -0.15) is 0 Å². The van der Waals surface area contributed by atoms with Crippen LogP contribution in [0, 0.1) is 0 Å². The Hall–Kier alpha value is -1.10. The SMILES string of the molecule is CCCc1nnc(NC(=O)CN2CCC(NS(C)(=O)=O)CC2)s1. The fourth-order valence-corrected chi connectivity index (χ4v) is 4.19. The third kappa shape index (κ3) is 6.50. The molecule has 0 bridgehead atoms. The predicted molar refractivity (Wildman–Crippen MR) is 90.0 cm³/mol. The van der Waals surface area contributed by atoms with Crippen LogP contribution in [0.4, 0.5) is 5.13 Å². The topological polar surface area (TPSA) is 104 Å². The van der Waals surface area contributed by atoms with Gasteiger partial charge in [-0.05, 0) is 19.3 Å². The van der Waals surface area contributed by atoms with Gasteiger partial charge < -0.3 is 0 Å². The number of likely N-dealkylation sites (tertiary alicyclic amines) is 1. The quantitative estimate of drug-likeness (QED) is 0.730. The fraction of sp³-hybridized carbons (Fsp3) is 0.769. The third-order valence-corrected chi connectivity index (χ3v) is 5.17. The van der Waals surface area contributed by atoms with Crippen molar-refractivity contribution in [3.8, 4) is 0 Å². The molecule has 2 rings (SSSR count). The molecule has 2 heterocycles. The number of sulfonamides is 1. The van der Waals surface area contributed by atoms with Crippen molar-refractivity contribution in [1.82, 2.24) is 19.8 Å². The molecular formula is C13H23N5O3S2. The summed E-state index contributed by atoms with van der Waals surface area (Å²) in [5, 5.41) is 12.2. The van der Waals surface area contributed by atoms with Crippen molar-refractivity contribution < 1.29 is 13.2 Å². The van der Waals surface area contributed by atoms with Crippen LogP contribution in [0.1, 0.15) is 31.2 Å². The number of hydrogen-bond donors (Lipinski definition) is 2. The van der Waals surface area contributed by atoms with Gasteiger partial charge in [0, 0.05) is 25.6 Å². The van der Waals surface area contributed by atoms with Crippen LogP contribution < -0.4 is 10.0 Å². The zero-order chi connectivity index (χ0) is 16.9. The Balaban J connectivity index is 1.74. The van der Waals surface area contributed by atoms with E-state index in [1.54, 1.807) is 0 Å². The van der Waals surface area contributed by atoms with Gasteiger partial charge >= 0.3 is 0 Å². The number of carbonyl (C=O) groups is 1. The van der Waals surface area contributed by atoms with Crippen molar-refractivity contribution in [2.45, 2.75) is 38.6 Å². The van der Waals surface area contributed by atoms with E-state index < -0.39 is 10.0 Å². The van der Waals surface area contributed by atoms with E-state index in [4.69, 9.17) is 0 Å². The Labute approximate surface area is 140 Å². The molecule has 1 fully saturated rings. The third-order valence-electron chi connectivity index (χ3n) is 3.51. The van der Waals surface area contributed by atoms with E-state index in [9.17, 15) is 13.2 Å². The van der Waals surface area contributed by atoms with E-state index >= 15 is 0 Å². The Morgan fingerprint density at radius 2 is 2.04 bits per heavy atom. The molecule has 0 aromatic carbocycles. The first kappa shape index (κ1) is 18.2. The van der Waals surface area contributed by atoms with Gasteiger partial charge in [0.2, 0.25) is 21.1 Å². The number of carbonyl (C=O) groups excluding carboxylic acids is 1. The molecule has 2 N–H and O–H groups in total. The number of rotatable bonds is 7. The van der Waals surface area contributed by atoms with Crippen LogP contribution in [0.25, 0.3) is 0 Å². The van der Waals surface area contributed by atoms with Crippen LogP contribution in [0.5, 0.6) is 0 Å². The maximum absolute atomic E-state index is 12.0. The number of aryl methyl sites for hydroxylation is 1. The van der Waals surface area contributed by atoms with E-state index in [1.165, 1.54) is 17.6 Å². The van der Waals surface area contributed by atoms with Crippen molar-refractivity contribution >= 4 is 32.4 Å². The fourth-order valence-electron chi connectivity index (χ4n) is 2.49. The van der Waals surface area contributed by atoms with Crippen molar-refractivity contribution in [2.24, 2.45) is 0 Å². The van der Waals surface area contributed by atoms with Gasteiger partial charge in [-0.3, -0.25) is 15.0 Å². The predicted octanol–water partition coefficient (Wildman–Crippen LogP) is 0.443. The molecule has 8 nitrogen and oxygen atoms in total. The minimum atomic E-state index is -3.17. The molecule has 0 spiro atoms. The van der Waals surface area contributed by atoms with Gasteiger partial charge in [0.25, 0.3) is 0 Å². The zero-order valence-corrected chi connectivity index (χ0v) is 15.0. The highest BCUT2D eigenvalue weighted by molar-refractivity contribution is 7.88. The molecule has 1 saturated heterocycles. The summed E-state index contributed by atoms with van der Waals surface area (Å²) in [6, 6.07) is -0.0379. The van der Waals surface area contributed by atoms with Gasteiger partial charge in [0.05, 0.1) is 12.8 Å². The second kappa shape index (κ2) is 8.13. The lowest BCUT2D eigenvalue weighted by molar-refractivity contribution is -0.117. The van der Waals surface area contributed by atoms with Crippen LogP contribution >= 0.6 is 11.3 Å². The molecule has 0 atom stereocenters. The number of anilines is 1. The van der Waals surface area contributed by atoms with E-state index in [0.29, 0.717) is 31.1 Å². The Bertz CT molecular complexity index is 623. The molecule has 1 aliphatic rings. The highest BCUT2D eigenvalue weighted by Crippen LogP contribution is 2.17. The summed E-state index contributed by atoms with van der Waals surface area (Å²) in [6.07, 6.45) is 4.45. The number of hydrogen-bond acceptors (Lipinski definition) is 7. The van der Waals surface area contributed by atoms with Crippen molar-refractivity contribution in [1.29, 1.82) is 0 Å². The lowest BCUT2D eigenvalue weighted by atomic mass is 10.1. The lowest BCUT2D eigenvalue weighted by Gasteiger charge is -2.31. The van der Waals surface area contributed by atoms with Crippen LogP contribution in [-0.4, -0.2) is 61.4 Å². The first-order valence-electron chi connectivity index (χ1n) is 7.67.